The first-order valence-corrected chi connectivity index (χ1v) is 25.0. The lowest BCUT2D eigenvalue weighted by atomic mass is 9.88. The van der Waals surface area contributed by atoms with E-state index in [2.05, 4.69) is 22.3 Å². The first-order valence-electron chi connectivity index (χ1n) is 23.5. The van der Waals surface area contributed by atoms with Gasteiger partial charge in [0.05, 0.1) is 30.7 Å². The second kappa shape index (κ2) is 16.7. The zero-order chi connectivity index (χ0) is 46.4. The summed E-state index contributed by atoms with van der Waals surface area (Å²) in [5, 5.41) is 6.05. The third-order valence-electron chi connectivity index (χ3n) is 15.0. The zero-order valence-electron chi connectivity index (χ0n) is 37.8. The number of carbonyl (C=O) groups is 4. The van der Waals surface area contributed by atoms with E-state index >= 15 is 9.18 Å². The number of allylic oxidation sites excluding steroid dienone is 1. The van der Waals surface area contributed by atoms with Crippen LogP contribution in [0.4, 0.5) is 9.18 Å². The van der Waals surface area contributed by atoms with Gasteiger partial charge in [0.2, 0.25) is 27.7 Å². The Bertz CT molecular complexity index is 2590. The third-order valence-corrected chi connectivity index (χ3v) is 16.8. The van der Waals surface area contributed by atoms with E-state index in [1.54, 1.807) is 12.1 Å². The number of nitrogens with one attached hydrogen (secondary N) is 3. The average Bonchev–Trinajstić information content (AvgIpc) is 4.20. The SMILES string of the molecule is COc1cc2cc(-c3ccc(OC(C)C)cc3)nc(OC3CC4C(=O)NC5(C(=O)NS(=O)(=O)C6CC6)CC5C=CCCC(C)CC(C)C(NC(=O)OC5CC6C7C5C67)C(=O)N4C3)c2cc1F. The topological polar surface area (TPSA) is 192 Å². The molecule has 11 rings (SSSR count). The molecule has 6 aliphatic carbocycles. The lowest BCUT2D eigenvalue weighted by Gasteiger charge is -2.33. The molecule has 17 heteroatoms. The van der Waals surface area contributed by atoms with Crippen molar-refractivity contribution in [3.05, 3.63) is 60.4 Å². The summed E-state index contributed by atoms with van der Waals surface area (Å²) in [5.41, 5.74) is -0.361. The minimum Gasteiger partial charge on any atom is -0.494 e. The first-order chi connectivity index (χ1) is 31.5. The van der Waals surface area contributed by atoms with Crippen LogP contribution in [0.2, 0.25) is 0 Å². The van der Waals surface area contributed by atoms with Crippen LogP contribution >= 0.6 is 0 Å². The van der Waals surface area contributed by atoms with Gasteiger partial charge in [0.15, 0.2) is 11.6 Å². The number of amides is 4. The molecule has 10 atom stereocenters. The second-order valence-corrected chi connectivity index (χ2v) is 22.1. The normalized spacial score (nSPS) is 33.4. The number of rotatable bonds is 11. The molecule has 3 N–H and O–H groups in total. The molecule has 3 aromatic rings. The van der Waals surface area contributed by atoms with Crippen LogP contribution in [0, 0.1) is 47.2 Å². The van der Waals surface area contributed by atoms with Crippen molar-refractivity contribution >= 4 is 44.6 Å². The summed E-state index contributed by atoms with van der Waals surface area (Å²) >= 11 is 0. The van der Waals surface area contributed by atoms with Crippen LogP contribution in [-0.2, 0) is 29.1 Å². The van der Waals surface area contributed by atoms with Gasteiger partial charge in [-0.25, -0.2) is 22.6 Å². The number of halogens is 1. The fourth-order valence-corrected chi connectivity index (χ4v) is 12.5. The van der Waals surface area contributed by atoms with Gasteiger partial charge in [-0.3, -0.25) is 19.1 Å². The van der Waals surface area contributed by atoms with Crippen molar-refractivity contribution in [2.75, 3.05) is 13.7 Å². The van der Waals surface area contributed by atoms with E-state index in [1.165, 1.54) is 18.1 Å². The number of sulfonamides is 1. The highest BCUT2D eigenvalue weighted by Gasteiger charge is 2.81. The smallest absolute Gasteiger partial charge is 0.408 e. The minimum absolute atomic E-state index is 0.0167. The monoisotopic (exact) mass is 927 g/mol. The number of alkyl carbamates (subject to hydrolysis) is 1. The van der Waals surface area contributed by atoms with Gasteiger partial charge in [-0.15, -0.1) is 0 Å². The number of hydrogen-bond acceptors (Lipinski definition) is 11. The van der Waals surface area contributed by atoms with Crippen LogP contribution in [-0.4, -0.2) is 97.0 Å². The maximum atomic E-state index is 15.5. The Labute approximate surface area is 384 Å². The molecule has 2 aliphatic heterocycles. The maximum Gasteiger partial charge on any atom is 0.408 e. The van der Waals surface area contributed by atoms with Crippen LogP contribution in [0.3, 0.4) is 0 Å². The van der Waals surface area contributed by atoms with E-state index in [-0.39, 0.29) is 55.1 Å². The van der Waals surface area contributed by atoms with Crippen LogP contribution in [0.5, 0.6) is 17.4 Å². The highest BCUT2D eigenvalue weighted by atomic mass is 32.2. The largest absolute Gasteiger partial charge is 0.494 e. The summed E-state index contributed by atoms with van der Waals surface area (Å²) in [6.07, 6.45) is 5.83. The summed E-state index contributed by atoms with van der Waals surface area (Å²) in [4.78, 5) is 63.9. The van der Waals surface area contributed by atoms with Crippen molar-refractivity contribution in [3.8, 4) is 28.6 Å². The van der Waals surface area contributed by atoms with Crippen molar-refractivity contribution in [2.45, 2.75) is 120 Å². The average molecular weight is 928 g/mol. The van der Waals surface area contributed by atoms with Crippen molar-refractivity contribution in [1.82, 2.24) is 25.2 Å². The Balaban J connectivity index is 0.987. The molecular weight excluding hydrogens is 870 g/mol. The van der Waals surface area contributed by atoms with E-state index in [0.29, 0.717) is 71.6 Å². The summed E-state index contributed by atoms with van der Waals surface area (Å²) in [5.74, 6) is -0.352. The fourth-order valence-electron chi connectivity index (χ4n) is 11.1. The molecule has 6 saturated carbocycles. The molecule has 7 fully saturated rings. The Hall–Kier alpha value is -5.45. The van der Waals surface area contributed by atoms with Crippen LogP contribution < -0.4 is 29.6 Å². The molecule has 0 spiro atoms. The number of ether oxygens (including phenoxy) is 4. The predicted molar refractivity (Wildman–Crippen MR) is 240 cm³/mol. The molecular formula is C49H58FN5O10S. The quantitative estimate of drug-likeness (QED) is 0.190. The number of carbonyl (C=O) groups excluding carboxylic acids is 4. The summed E-state index contributed by atoms with van der Waals surface area (Å²) < 4.78 is 67.6. The molecule has 352 valence electrons. The highest BCUT2D eigenvalue weighted by molar-refractivity contribution is 7.91. The first kappa shape index (κ1) is 44.4. The molecule has 10 unspecified atom stereocenters. The molecule has 3 heterocycles. The van der Waals surface area contributed by atoms with Gasteiger partial charge in [-0.1, -0.05) is 26.0 Å². The maximum absolute atomic E-state index is 15.5. The number of methoxy groups -OCH3 is 1. The predicted octanol–water partition coefficient (Wildman–Crippen LogP) is 6.04. The molecule has 1 aromatic heterocycles. The number of hydrogen-bond donors (Lipinski definition) is 3. The van der Waals surface area contributed by atoms with E-state index in [1.807, 2.05) is 57.2 Å². The number of benzene rings is 2. The van der Waals surface area contributed by atoms with Gasteiger partial charge in [-0.2, -0.15) is 0 Å². The van der Waals surface area contributed by atoms with E-state index in [0.717, 1.165) is 18.4 Å². The third kappa shape index (κ3) is 8.44. The second-order valence-electron chi connectivity index (χ2n) is 20.2. The van der Waals surface area contributed by atoms with Crippen molar-refractivity contribution < 1.29 is 50.9 Å². The lowest BCUT2D eigenvalue weighted by Crippen LogP contribution is -2.59. The lowest BCUT2D eigenvalue weighted by molar-refractivity contribution is -0.142. The Kier molecular flexibility index (Phi) is 11.2. The number of nitrogens with zero attached hydrogens (tertiary/aromatic N) is 2. The van der Waals surface area contributed by atoms with Crippen LogP contribution in [0.1, 0.15) is 79.1 Å². The fraction of sp³-hybridized carbons (Fsp3) is 0.571. The summed E-state index contributed by atoms with van der Waals surface area (Å²) in [7, 11) is -2.58. The molecule has 15 nitrogen and oxygen atoms in total. The molecule has 2 bridgehead atoms. The molecule has 66 heavy (non-hydrogen) atoms. The van der Waals surface area contributed by atoms with Gasteiger partial charge in [-0.05, 0) is 136 Å². The van der Waals surface area contributed by atoms with E-state index < -0.39 is 74.5 Å². The van der Waals surface area contributed by atoms with Crippen molar-refractivity contribution in [3.63, 3.8) is 0 Å². The number of aromatic nitrogens is 1. The van der Waals surface area contributed by atoms with Gasteiger partial charge in [0.1, 0.15) is 35.6 Å². The minimum atomic E-state index is -3.96. The molecule has 8 aliphatic rings. The van der Waals surface area contributed by atoms with Gasteiger partial charge in [0, 0.05) is 29.2 Å². The number of pyridine rings is 1. The molecule has 0 radical (unpaired) electrons. The van der Waals surface area contributed by atoms with E-state index in [9.17, 15) is 22.8 Å². The van der Waals surface area contributed by atoms with Gasteiger partial charge in [0.25, 0.3) is 5.91 Å². The molecule has 4 amide bonds. The summed E-state index contributed by atoms with van der Waals surface area (Å²) in [6, 6.07) is 9.67. The van der Waals surface area contributed by atoms with E-state index in [4.69, 9.17) is 23.9 Å². The molecule has 1 saturated heterocycles. The highest BCUT2D eigenvalue weighted by Crippen LogP contribution is 2.82. The van der Waals surface area contributed by atoms with Gasteiger partial charge < -0.3 is 34.5 Å². The Morgan fingerprint density at radius 3 is 2.44 bits per heavy atom. The summed E-state index contributed by atoms with van der Waals surface area (Å²) in [6.45, 7) is 7.73. The zero-order valence-corrected chi connectivity index (χ0v) is 38.6. The van der Waals surface area contributed by atoms with Crippen LogP contribution in [0.25, 0.3) is 22.0 Å². The molecule has 2 aromatic carbocycles. The van der Waals surface area contributed by atoms with Crippen molar-refractivity contribution in [1.29, 1.82) is 0 Å². The number of fused-ring (bicyclic) bond motifs is 4. The Morgan fingerprint density at radius 1 is 1.00 bits per heavy atom. The van der Waals surface area contributed by atoms with Gasteiger partial charge >= 0.3 is 6.09 Å². The van der Waals surface area contributed by atoms with Crippen molar-refractivity contribution in [2.24, 2.45) is 41.4 Å². The van der Waals surface area contributed by atoms with Crippen LogP contribution in [0.15, 0.2) is 54.6 Å². The standard InChI is InChI=1S/C49H58FN5O10S/c1-24(2)63-30-12-10-27(11-13-30)36-17-28-18-38(62-5)35(50)20-33(28)45(51-36)64-31-19-37-44(56)53-49(47(58)54-66(60,61)32-14-15-32)22-29(49)9-7-6-8-25(3)16-26(4)43(46(57)55(37)23-31)52-48(59)65-39-21-34-40-41(34)42(39)40/h7,9-13,17-18,20,24-26,29,31-32,34,37,39-43H,6,8,14-16,19,21-23H2,1-5H3,(H,52,59)(H,53,56)(H,54,58). The Morgan fingerprint density at radius 2 is 1.76 bits per heavy atom.